The molecule has 1 N–H and O–H groups in total. The summed E-state index contributed by atoms with van der Waals surface area (Å²) in [5.41, 5.74) is 2.19. The van der Waals surface area contributed by atoms with Crippen molar-refractivity contribution in [2.45, 2.75) is 44.1 Å². The maximum absolute atomic E-state index is 13.3. The fraction of sp³-hybridized carbons (Fsp3) is 0.409. The van der Waals surface area contributed by atoms with Crippen molar-refractivity contribution in [1.29, 1.82) is 0 Å². The number of sulfonamides is 1. The Morgan fingerprint density at radius 1 is 1.10 bits per heavy atom. The third kappa shape index (κ3) is 6.01. The van der Waals surface area contributed by atoms with Gasteiger partial charge in [0.2, 0.25) is 15.9 Å². The first-order chi connectivity index (χ1) is 14.7. The Labute approximate surface area is 181 Å². The minimum atomic E-state index is -4.02. The first kappa shape index (κ1) is 23.1. The van der Waals surface area contributed by atoms with Crippen molar-refractivity contribution in [3.8, 4) is 5.75 Å². The number of nitrogens with one attached hydrogen (secondary N) is 1. The van der Waals surface area contributed by atoms with Crippen LogP contribution >= 0.6 is 0 Å². The summed E-state index contributed by atoms with van der Waals surface area (Å²) in [6.45, 7) is 4.94. The number of benzene rings is 2. The maximum atomic E-state index is 13.3. The second-order valence-corrected chi connectivity index (χ2v) is 9.46. The third-order valence-corrected chi connectivity index (χ3v) is 6.72. The van der Waals surface area contributed by atoms with Gasteiger partial charge < -0.3 is 9.64 Å². The van der Waals surface area contributed by atoms with E-state index in [0.717, 1.165) is 29.0 Å². The normalized spacial score (nSPS) is 15.2. The molecular formula is C22H26F2N2O4S. The van der Waals surface area contributed by atoms with Crippen LogP contribution in [0.1, 0.15) is 30.4 Å². The van der Waals surface area contributed by atoms with Crippen molar-refractivity contribution in [3.63, 3.8) is 0 Å². The van der Waals surface area contributed by atoms with E-state index in [1.54, 1.807) is 4.90 Å². The fourth-order valence-corrected chi connectivity index (χ4v) is 4.46. The second kappa shape index (κ2) is 9.74. The van der Waals surface area contributed by atoms with E-state index in [9.17, 15) is 22.0 Å². The Hall–Kier alpha value is -2.52. The van der Waals surface area contributed by atoms with Crippen LogP contribution in [0.3, 0.4) is 0 Å². The van der Waals surface area contributed by atoms with Crippen LogP contribution in [0.25, 0.3) is 0 Å². The van der Waals surface area contributed by atoms with Crippen LogP contribution in [0.2, 0.25) is 0 Å². The number of aryl methyl sites for hydroxylation is 2. The number of likely N-dealkylation sites (tertiary alicyclic amines) is 1. The Kier molecular flexibility index (Phi) is 7.27. The number of nitrogens with zero attached hydrogens (tertiary/aromatic N) is 1. The first-order valence-electron chi connectivity index (χ1n) is 10.1. The maximum Gasteiger partial charge on any atom is 0.240 e. The highest BCUT2D eigenvalue weighted by Crippen LogP contribution is 2.24. The number of carbonyl (C=O) groups excluding carboxylic acids is 1. The molecule has 168 valence electrons. The molecule has 9 heteroatoms. The van der Waals surface area contributed by atoms with E-state index in [-0.39, 0.29) is 29.9 Å². The molecule has 1 aliphatic heterocycles. The average Bonchev–Trinajstić information content (AvgIpc) is 2.73. The summed E-state index contributed by atoms with van der Waals surface area (Å²) in [6.07, 6.45) is 1.39. The highest BCUT2D eigenvalue weighted by Gasteiger charge is 2.25. The van der Waals surface area contributed by atoms with Gasteiger partial charge in [0.1, 0.15) is 11.9 Å². The highest BCUT2D eigenvalue weighted by molar-refractivity contribution is 7.89. The van der Waals surface area contributed by atoms with Crippen LogP contribution in [0.15, 0.2) is 41.3 Å². The average molecular weight is 453 g/mol. The van der Waals surface area contributed by atoms with Gasteiger partial charge in [0.05, 0.1) is 4.90 Å². The Bertz CT molecular complexity index is 1050. The molecule has 1 saturated heterocycles. The largest absolute Gasteiger partial charge is 0.490 e. The Morgan fingerprint density at radius 3 is 2.48 bits per heavy atom. The summed E-state index contributed by atoms with van der Waals surface area (Å²) in [6, 6.07) is 8.39. The Balaban J connectivity index is 1.45. The molecule has 0 saturated carbocycles. The van der Waals surface area contributed by atoms with Crippen LogP contribution in [0.5, 0.6) is 5.75 Å². The van der Waals surface area contributed by atoms with E-state index in [0.29, 0.717) is 32.0 Å². The van der Waals surface area contributed by atoms with E-state index >= 15 is 0 Å². The van der Waals surface area contributed by atoms with Gasteiger partial charge in [0, 0.05) is 38.9 Å². The number of rotatable bonds is 7. The molecule has 1 amide bonds. The number of carbonyl (C=O) groups is 1. The number of hydrogen-bond donors (Lipinski definition) is 1. The monoisotopic (exact) mass is 452 g/mol. The van der Waals surface area contributed by atoms with E-state index < -0.39 is 21.7 Å². The van der Waals surface area contributed by atoms with Crippen molar-refractivity contribution in [2.75, 3.05) is 19.6 Å². The zero-order chi connectivity index (χ0) is 22.6. The molecule has 2 aromatic rings. The number of ether oxygens (including phenoxy) is 1. The molecule has 31 heavy (non-hydrogen) atoms. The fourth-order valence-electron chi connectivity index (χ4n) is 3.41. The van der Waals surface area contributed by atoms with Crippen molar-refractivity contribution in [1.82, 2.24) is 9.62 Å². The molecule has 0 spiro atoms. The standard InChI is InChI=1S/C22H26F2N2O4S/c1-15-3-4-16(2)21(13-15)30-17-8-11-26(12-9-17)22(27)7-10-25-31(28,29)18-5-6-19(23)20(24)14-18/h3-6,13-14,17,25H,7-12H2,1-2H3. The van der Waals surface area contributed by atoms with Gasteiger partial charge in [-0.05, 0) is 49.2 Å². The summed E-state index contributed by atoms with van der Waals surface area (Å²) in [7, 11) is -4.02. The van der Waals surface area contributed by atoms with Crippen molar-refractivity contribution in [2.24, 2.45) is 0 Å². The van der Waals surface area contributed by atoms with E-state index in [1.165, 1.54) is 0 Å². The molecule has 0 bridgehead atoms. The minimum Gasteiger partial charge on any atom is -0.490 e. The highest BCUT2D eigenvalue weighted by atomic mass is 32.2. The quantitative estimate of drug-likeness (QED) is 0.699. The number of halogens is 2. The molecule has 1 heterocycles. The van der Waals surface area contributed by atoms with Gasteiger partial charge in [-0.3, -0.25) is 4.79 Å². The SMILES string of the molecule is Cc1ccc(C)c(OC2CCN(C(=O)CCNS(=O)(=O)c3ccc(F)c(F)c3)CC2)c1. The lowest BCUT2D eigenvalue weighted by Crippen LogP contribution is -2.42. The molecule has 0 atom stereocenters. The second-order valence-electron chi connectivity index (χ2n) is 7.69. The summed E-state index contributed by atoms with van der Waals surface area (Å²) >= 11 is 0. The third-order valence-electron chi connectivity index (χ3n) is 5.26. The summed E-state index contributed by atoms with van der Waals surface area (Å²) < 4.78 is 59.0. The predicted octanol–water partition coefficient (Wildman–Crippen LogP) is 3.32. The van der Waals surface area contributed by atoms with Crippen LogP contribution in [-0.4, -0.2) is 45.0 Å². The molecule has 0 aromatic heterocycles. The minimum absolute atomic E-state index is 0.0224. The molecule has 1 aliphatic rings. The van der Waals surface area contributed by atoms with Crippen molar-refractivity contribution >= 4 is 15.9 Å². The van der Waals surface area contributed by atoms with Crippen molar-refractivity contribution in [3.05, 3.63) is 59.2 Å². The lowest BCUT2D eigenvalue weighted by Gasteiger charge is -2.32. The first-order valence-corrected chi connectivity index (χ1v) is 11.6. The van der Waals surface area contributed by atoms with Crippen LogP contribution in [0, 0.1) is 25.5 Å². The van der Waals surface area contributed by atoms with Crippen LogP contribution < -0.4 is 9.46 Å². The van der Waals surface area contributed by atoms with Gasteiger partial charge in [-0.1, -0.05) is 12.1 Å². The van der Waals surface area contributed by atoms with Gasteiger partial charge in [-0.25, -0.2) is 21.9 Å². The molecule has 0 unspecified atom stereocenters. The number of hydrogen-bond acceptors (Lipinski definition) is 4. The lowest BCUT2D eigenvalue weighted by molar-refractivity contribution is -0.132. The summed E-state index contributed by atoms with van der Waals surface area (Å²) in [4.78, 5) is 13.7. The van der Waals surface area contributed by atoms with Crippen LogP contribution in [0.4, 0.5) is 8.78 Å². The van der Waals surface area contributed by atoms with E-state index in [4.69, 9.17) is 4.74 Å². The summed E-state index contributed by atoms with van der Waals surface area (Å²) in [5.74, 6) is -1.68. The molecule has 1 fully saturated rings. The topological polar surface area (TPSA) is 75.7 Å². The molecule has 0 radical (unpaired) electrons. The molecule has 2 aromatic carbocycles. The van der Waals surface area contributed by atoms with Crippen molar-refractivity contribution < 1.29 is 26.7 Å². The van der Waals surface area contributed by atoms with Crippen LogP contribution in [-0.2, 0) is 14.8 Å². The molecule has 3 rings (SSSR count). The molecule has 6 nitrogen and oxygen atoms in total. The lowest BCUT2D eigenvalue weighted by atomic mass is 10.1. The Morgan fingerprint density at radius 2 is 1.81 bits per heavy atom. The zero-order valence-corrected chi connectivity index (χ0v) is 18.3. The van der Waals surface area contributed by atoms with Gasteiger partial charge in [-0.2, -0.15) is 0 Å². The number of piperidine rings is 1. The van der Waals surface area contributed by atoms with Gasteiger partial charge in [-0.15, -0.1) is 0 Å². The van der Waals surface area contributed by atoms with E-state index in [2.05, 4.69) is 4.72 Å². The van der Waals surface area contributed by atoms with Gasteiger partial charge >= 0.3 is 0 Å². The zero-order valence-electron chi connectivity index (χ0n) is 17.5. The number of amides is 1. The molecular weight excluding hydrogens is 426 g/mol. The van der Waals surface area contributed by atoms with Gasteiger partial charge in [0.15, 0.2) is 11.6 Å². The smallest absolute Gasteiger partial charge is 0.240 e. The molecule has 0 aliphatic carbocycles. The summed E-state index contributed by atoms with van der Waals surface area (Å²) in [5, 5.41) is 0. The predicted molar refractivity (Wildman–Crippen MR) is 112 cm³/mol. The van der Waals surface area contributed by atoms with E-state index in [1.807, 2.05) is 32.0 Å². The van der Waals surface area contributed by atoms with Gasteiger partial charge in [0.25, 0.3) is 0 Å².